The number of aromatic nitrogens is 3. The van der Waals surface area contributed by atoms with Crippen molar-refractivity contribution in [1.82, 2.24) is 25.4 Å². The lowest BCUT2D eigenvalue weighted by molar-refractivity contribution is 0.390. The first-order valence-electron chi connectivity index (χ1n) is 7.73. The van der Waals surface area contributed by atoms with Crippen LogP contribution in [0.2, 0.25) is 0 Å². The number of hydrogen-bond donors (Lipinski definition) is 2. The lowest BCUT2D eigenvalue weighted by atomic mass is 10.2. The summed E-state index contributed by atoms with van der Waals surface area (Å²) in [5.41, 5.74) is 1.01. The minimum Gasteiger partial charge on any atom is -0.497 e. The van der Waals surface area contributed by atoms with Crippen molar-refractivity contribution in [2.45, 2.75) is 26.6 Å². The number of aliphatic imine (C=N–C) groups is 1. The SMILES string of the molecule is CCn1cnnc1CNC(=NC)NCc1ccc(OC)cc1OC. The second-order valence-electron chi connectivity index (χ2n) is 4.99. The molecule has 2 N–H and O–H groups in total. The van der Waals surface area contributed by atoms with Gasteiger partial charge in [-0.15, -0.1) is 10.2 Å². The molecule has 1 heterocycles. The third kappa shape index (κ3) is 4.37. The van der Waals surface area contributed by atoms with E-state index in [9.17, 15) is 0 Å². The van der Waals surface area contributed by atoms with E-state index < -0.39 is 0 Å². The monoisotopic (exact) mass is 332 g/mol. The molecular formula is C16H24N6O2. The van der Waals surface area contributed by atoms with Crippen LogP contribution in [-0.4, -0.2) is 42.0 Å². The molecule has 8 nitrogen and oxygen atoms in total. The van der Waals surface area contributed by atoms with Crippen LogP contribution in [0.5, 0.6) is 11.5 Å². The van der Waals surface area contributed by atoms with Gasteiger partial charge in [-0.1, -0.05) is 0 Å². The van der Waals surface area contributed by atoms with E-state index in [0.29, 0.717) is 19.0 Å². The van der Waals surface area contributed by atoms with Crippen molar-refractivity contribution >= 4 is 5.96 Å². The summed E-state index contributed by atoms with van der Waals surface area (Å²) >= 11 is 0. The summed E-state index contributed by atoms with van der Waals surface area (Å²) in [6.07, 6.45) is 1.72. The van der Waals surface area contributed by atoms with E-state index in [1.54, 1.807) is 27.6 Å². The van der Waals surface area contributed by atoms with Crippen molar-refractivity contribution < 1.29 is 9.47 Å². The van der Waals surface area contributed by atoms with Crippen molar-refractivity contribution in [3.63, 3.8) is 0 Å². The third-order valence-electron chi connectivity index (χ3n) is 3.61. The molecule has 2 aromatic rings. The van der Waals surface area contributed by atoms with Crippen LogP contribution in [-0.2, 0) is 19.6 Å². The van der Waals surface area contributed by atoms with Crippen molar-refractivity contribution in [3.05, 3.63) is 35.9 Å². The molecule has 0 aliphatic heterocycles. The number of methoxy groups -OCH3 is 2. The van der Waals surface area contributed by atoms with Crippen LogP contribution in [0.25, 0.3) is 0 Å². The van der Waals surface area contributed by atoms with Crippen LogP contribution < -0.4 is 20.1 Å². The molecule has 1 aromatic heterocycles. The maximum Gasteiger partial charge on any atom is 0.191 e. The molecule has 0 fully saturated rings. The Labute approximate surface area is 141 Å². The van der Waals surface area contributed by atoms with Gasteiger partial charge >= 0.3 is 0 Å². The standard InChI is InChI=1S/C16H24N6O2/c1-5-22-11-20-21-15(22)10-19-16(17-2)18-9-12-6-7-13(23-3)8-14(12)24-4/h6-8,11H,5,9-10H2,1-4H3,(H2,17,18,19). The summed E-state index contributed by atoms with van der Waals surface area (Å²) in [5.74, 6) is 3.07. The van der Waals surface area contributed by atoms with E-state index in [1.807, 2.05) is 22.8 Å². The maximum absolute atomic E-state index is 5.40. The fourth-order valence-corrected chi connectivity index (χ4v) is 2.24. The van der Waals surface area contributed by atoms with Gasteiger partial charge < -0.3 is 24.7 Å². The summed E-state index contributed by atoms with van der Waals surface area (Å²) in [6.45, 7) is 4.01. The van der Waals surface area contributed by atoms with Crippen molar-refractivity contribution in [2.75, 3.05) is 21.3 Å². The minimum absolute atomic E-state index is 0.549. The Balaban J connectivity index is 1.94. The number of nitrogens with one attached hydrogen (secondary N) is 2. The first-order valence-corrected chi connectivity index (χ1v) is 7.73. The summed E-state index contributed by atoms with van der Waals surface area (Å²) in [4.78, 5) is 4.22. The number of nitrogens with zero attached hydrogens (tertiary/aromatic N) is 4. The molecule has 2 rings (SSSR count). The van der Waals surface area contributed by atoms with Gasteiger partial charge in [0.2, 0.25) is 0 Å². The Morgan fingerprint density at radius 3 is 2.67 bits per heavy atom. The van der Waals surface area contributed by atoms with Gasteiger partial charge in [0, 0.05) is 31.8 Å². The fourth-order valence-electron chi connectivity index (χ4n) is 2.24. The van der Waals surface area contributed by atoms with Crippen LogP contribution in [0.4, 0.5) is 0 Å². The van der Waals surface area contributed by atoms with Gasteiger partial charge in [0.1, 0.15) is 17.8 Å². The van der Waals surface area contributed by atoms with Crippen LogP contribution >= 0.6 is 0 Å². The van der Waals surface area contributed by atoms with Crippen LogP contribution in [0, 0.1) is 0 Å². The first kappa shape index (κ1) is 17.6. The largest absolute Gasteiger partial charge is 0.497 e. The average molecular weight is 332 g/mol. The molecule has 1 aromatic carbocycles. The highest BCUT2D eigenvalue weighted by atomic mass is 16.5. The number of benzene rings is 1. The van der Waals surface area contributed by atoms with Gasteiger partial charge in [0.25, 0.3) is 0 Å². The Hall–Kier alpha value is -2.77. The molecular weight excluding hydrogens is 308 g/mol. The van der Waals surface area contributed by atoms with E-state index in [1.165, 1.54) is 0 Å². The Bertz CT molecular complexity index is 683. The van der Waals surface area contributed by atoms with Crippen LogP contribution in [0.1, 0.15) is 18.3 Å². The van der Waals surface area contributed by atoms with Crippen molar-refractivity contribution in [1.29, 1.82) is 0 Å². The topological polar surface area (TPSA) is 85.6 Å². The molecule has 0 aliphatic rings. The normalized spacial score (nSPS) is 11.2. The third-order valence-corrected chi connectivity index (χ3v) is 3.61. The molecule has 0 saturated carbocycles. The predicted molar refractivity (Wildman–Crippen MR) is 92.3 cm³/mol. The molecule has 130 valence electrons. The molecule has 0 spiro atoms. The maximum atomic E-state index is 5.40. The van der Waals surface area contributed by atoms with E-state index in [2.05, 4.69) is 32.7 Å². The fraction of sp³-hybridized carbons (Fsp3) is 0.438. The minimum atomic E-state index is 0.549. The Morgan fingerprint density at radius 1 is 1.21 bits per heavy atom. The lowest BCUT2D eigenvalue weighted by Crippen LogP contribution is -2.37. The van der Waals surface area contributed by atoms with E-state index >= 15 is 0 Å². The molecule has 0 saturated heterocycles. The predicted octanol–water partition coefficient (Wildman–Crippen LogP) is 1.18. The molecule has 0 amide bonds. The van der Waals surface area contributed by atoms with Gasteiger partial charge in [0.05, 0.1) is 20.8 Å². The molecule has 24 heavy (non-hydrogen) atoms. The van der Waals surface area contributed by atoms with Gasteiger partial charge in [-0.3, -0.25) is 4.99 Å². The number of rotatable bonds is 7. The number of guanidine groups is 1. The molecule has 0 unspecified atom stereocenters. The zero-order valence-electron chi connectivity index (χ0n) is 14.5. The van der Waals surface area contributed by atoms with Gasteiger partial charge in [0.15, 0.2) is 11.8 Å². The van der Waals surface area contributed by atoms with Crippen molar-refractivity contribution in [3.8, 4) is 11.5 Å². The smallest absolute Gasteiger partial charge is 0.191 e. The average Bonchev–Trinajstić information content (AvgIpc) is 3.09. The molecule has 0 aliphatic carbocycles. The quantitative estimate of drug-likeness (QED) is 0.585. The van der Waals surface area contributed by atoms with Gasteiger partial charge in [-0.25, -0.2) is 0 Å². The van der Waals surface area contributed by atoms with E-state index in [4.69, 9.17) is 9.47 Å². The lowest BCUT2D eigenvalue weighted by Gasteiger charge is -2.14. The van der Waals surface area contributed by atoms with Crippen LogP contribution in [0.15, 0.2) is 29.5 Å². The van der Waals surface area contributed by atoms with E-state index in [-0.39, 0.29) is 0 Å². The van der Waals surface area contributed by atoms with Crippen molar-refractivity contribution in [2.24, 2.45) is 4.99 Å². The zero-order chi connectivity index (χ0) is 17.4. The first-order chi connectivity index (χ1) is 11.7. The highest BCUT2D eigenvalue weighted by Crippen LogP contribution is 2.24. The highest BCUT2D eigenvalue weighted by molar-refractivity contribution is 5.79. The Morgan fingerprint density at radius 2 is 2.00 bits per heavy atom. The zero-order valence-corrected chi connectivity index (χ0v) is 14.5. The summed E-state index contributed by atoms with van der Waals surface area (Å²) in [5, 5.41) is 14.5. The summed E-state index contributed by atoms with van der Waals surface area (Å²) in [6, 6.07) is 5.72. The Kier molecular flexibility index (Phi) is 6.41. The molecule has 8 heteroatoms. The summed E-state index contributed by atoms with van der Waals surface area (Å²) < 4.78 is 12.6. The van der Waals surface area contributed by atoms with Crippen LogP contribution in [0.3, 0.4) is 0 Å². The number of aryl methyl sites for hydroxylation is 1. The highest BCUT2D eigenvalue weighted by Gasteiger charge is 2.07. The summed E-state index contributed by atoms with van der Waals surface area (Å²) in [7, 11) is 5.00. The number of ether oxygens (including phenoxy) is 2. The second kappa shape index (κ2) is 8.76. The second-order valence-corrected chi connectivity index (χ2v) is 4.99. The van der Waals surface area contributed by atoms with Gasteiger partial charge in [-0.05, 0) is 19.1 Å². The van der Waals surface area contributed by atoms with Gasteiger partial charge in [-0.2, -0.15) is 0 Å². The molecule has 0 bridgehead atoms. The van der Waals surface area contributed by atoms with E-state index in [0.717, 1.165) is 29.4 Å². The molecule has 0 radical (unpaired) electrons. The number of hydrogen-bond acceptors (Lipinski definition) is 5. The molecule has 0 atom stereocenters.